The van der Waals surface area contributed by atoms with Gasteiger partial charge in [-0.2, -0.15) is 0 Å². The highest BCUT2D eigenvalue weighted by Gasteiger charge is 2.18. The van der Waals surface area contributed by atoms with Crippen molar-refractivity contribution in [2.75, 3.05) is 0 Å². The third-order valence-electron chi connectivity index (χ3n) is 3.30. The van der Waals surface area contributed by atoms with Gasteiger partial charge in [0.1, 0.15) is 11.5 Å². The second-order valence-electron chi connectivity index (χ2n) is 5.85. The highest BCUT2D eigenvalue weighted by molar-refractivity contribution is 7.89. The first-order valence-electron chi connectivity index (χ1n) is 7.41. The van der Waals surface area contributed by atoms with Crippen LogP contribution in [-0.4, -0.2) is 20.4 Å². The maximum absolute atomic E-state index is 12.3. The van der Waals surface area contributed by atoms with Crippen LogP contribution in [0, 0.1) is 6.92 Å². The number of nitrogens with one attached hydrogen (secondary N) is 1. The average molecular weight is 335 g/mol. The maximum Gasteiger partial charge on any atom is 0.287 e. The summed E-state index contributed by atoms with van der Waals surface area (Å²) in [6.45, 7) is 5.56. The average Bonchev–Trinajstić information content (AvgIpc) is 2.88. The van der Waals surface area contributed by atoms with Gasteiger partial charge in [-0.25, -0.2) is 8.42 Å². The van der Waals surface area contributed by atoms with E-state index < -0.39 is 9.84 Å². The standard InChI is InChI=1S/C17H21NO4S/c1-12(2)18-17(19)16-9-8-15(22-16)11-23(20,21)10-14-7-5-4-6-13(14)3/h4-9,12H,10-11H2,1-3H3,(H,18,19). The predicted octanol–water partition coefficient (Wildman–Crippen LogP) is 2.84. The maximum atomic E-state index is 12.3. The highest BCUT2D eigenvalue weighted by Crippen LogP contribution is 2.17. The Kier molecular flexibility index (Phi) is 5.26. The molecule has 1 heterocycles. The second kappa shape index (κ2) is 7.00. The van der Waals surface area contributed by atoms with Crippen molar-refractivity contribution < 1.29 is 17.6 Å². The summed E-state index contributed by atoms with van der Waals surface area (Å²) in [5.74, 6) is -0.223. The lowest BCUT2D eigenvalue weighted by atomic mass is 10.1. The minimum atomic E-state index is -3.37. The molecule has 0 spiro atoms. The topological polar surface area (TPSA) is 76.4 Å². The molecule has 6 heteroatoms. The first-order chi connectivity index (χ1) is 10.8. The van der Waals surface area contributed by atoms with Crippen molar-refractivity contribution in [2.24, 2.45) is 0 Å². The Bertz CT molecular complexity index is 790. The molecule has 1 amide bonds. The number of sulfone groups is 1. The fraction of sp³-hybridized carbons (Fsp3) is 0.353. The van der Waals surface area contributed by atoms with Gasteiger partial charge in [-0.05, 0) is 44.0 Å². The number of amides is 1. The van der Waals surface area contributed by atoms with Gasteiger partial charge in [-0.3, -0.25) is 4.79 Å². The van der Waals surface area contributed by atoms with Crippen LogP contribution in [-0.2, 0) is 21.3 Å². The lowest BCUT2D eigenvalue weighted by Crippen LogP contribution is -2.29. The van der Waals surface area contributed by atoms with E-state index in [9.17, 15) is 13.2 Å². The monoisotopic (exact) mass is 335 g/mol. The molecule has 0 saturated carbocycles. The highest BCUT2D eigenvalue weighted by atomic mass is 32.2. The summed E-state index contributed by atoms with van der Waals surface area (Å²) in [5.41, 5.74) is 1.71. The number of benzene rings is 1. The normalized spacial score (nSPS) is 11.7. The molecule has 0 aliphatic carbocycles. The van der Waals surface area contributed by atoms with Gasteiger partial charge in [0.25, 0.3) is 5.91 Å². The second-order valence-corrected chi connectivity index (χ2v) is 7.92. The molecule has 1 aromatic carbocycles. The van der Waals surface area contributed by atoms with E-state index in [0.29, 0.717) is 0 Å². The van der Waals surface area contributed by atoms with Crippen molar-refractivity contribution in [1.29, 1.82) is 0 Å². The molecule has 0 fully saturated rings. The number of hydrogen-bond acceptors (Lipinski definition) is 4. The molecule has 0 unspecified atom stereocenters. The molecular formula is C17H21NO4S. The van der Waals surface area contributed by atoms with Gasteiger partial charge in [0.2, 0.25) is 0 Å². The Hall–Kier alpha value is -2.08. The Morgan fingerprint density at radius 2 is 1.83 bits per heavy atom. The molecule has 0 atom stereocenters. The van der Waals surface area contributed by atoms with Crippen LogP contribution in [0.1, 0.15) is 41.3 Å². The zero-order valence-electron chi connectivity index (χ0n) is 13.5. The molecule has 0 radical (unpaired) electrons. The molecule has 5 nitrogen and oxygen atoms in total. The van der Waals surface area contributed by atoms with Gasteiger partial charge in [-0.15, -0.1) is 0 Å². The predicted molar refractivity (Wildman–Crippen MR) is 88.8 cm³/mol. The van der Waals surface area contributed by atoms with Crippen LogP contribution in [0.25, 0.3) is 0 Å². The van der Waals surface area contributed by atoms with Crippen molar-refractivity contribution in [3.63, 3.8) is 0 Å². The zero-order chi connectivity index (χ0) is 17.0. The van der Waals surface area contributed by atoms with Crippen molar-refractivity contribution in [1.82, 2.24) is 5.32 Å². The van der Waals surface area contributed by atoms with Crippen LogP contribution in [0.2, 0.25) is 0 Å². The number of aryl methyl sites for hydroxylation is 1. The van der Waals surface area contributed by atoms with E-state index in [0.717, 1.165) is 11.1 Å². The summed E-state index contributed by atoms with van der Waals surface area (Å²) < 4.78 is 30.0. The largest absolute Gasteiger partial charge is 0.455 e. The summed E-state index contributed by atoms with van der Waals surface area (Å²) in [6, 6.07) is 10.4. The molecule has 0 aliphatic rings. The molecule has 0 aliphatic heterocycles. The van der Waals surface area contributed by atoms with E-state index >= 15 is 0 Å². The summed E-state index contributed by atoms with van der Waals surface area (Å²) in [4.78, 5) is 11.8. The summed E-state index contributed by atoms with van der Waals surface area (Å²) in [6.07, 6.45) is 0. The lowest BCUT2D eigenvalue weighted by Gasteiger charge is -2.07. The van der Waals surface area contributed by atoms with Crippen molar-refractivity contribution in [2.45, 2.75) is 38.3 Å². The summed E-state index contributed by atoms with van der Waals surface area (Å²) >= 11 is 0. The first kappa shape index (κ1) is 17.3. The van der Waals surface area contributed by atoms with Crippen molar-refractivity contribution in [3.8, 4) is 0 Å². The molecule has 23 heavy (non-hydrogen) atoms. The number of furan rings is 1. The number of carbonyl (C=O) groups is 1. The third kappa shape index (κ3) is 4.96. The van der Waals surface area contributed by atoms with E-state index in [1.807, 2.05) is 39.0 Å². The fourth-order valence-electron chi connectivity index (χ4n) is 2.19. The van der Waals surface area contributed by atoms with Crippen LogP contribution in [0.4, 0.5) is 0 Å². The van der Waals surface area contributed by atoms with Gasteiger partial charge >= 0.3 is 0 Å². The van der Waals surface area contributed by atoms with Crippen molar-refractivity contribution >= 4 is 15.7 Å². The summed E-state index contributed by atoms with van der Waals surface area (Å²) in [7, 11) is -3.37. The Morgan fingerprint density at radius 3 is 2.48 bits per heavy atom. The van der Waals surface area contributed by atoms with E-state index in [1.54, 1.807) is 6.07 Å². The van der Waals surface area contributed by atoms with Crippen LogP contribution in [0.5, 0.6) is 0 Å². The van der Waals surface area contributed by atoms with Crippen LogP contribution >= 0.6 is 0 Å². The van der Waals surface area contributed by atoms with Gasteiger partial charge in [-0.1, -0.05) is 24.3 Å². The fourth-order valence-corrected chi connectivity index (χ4v) is 3.68. The van der Waals surface area contributed by atoms with E-state index in [1.165, 1.54) is 12.1 Å². The van der Waals surface area contributed by atoms with Crippen LogP contribution < -0.4 is 5.32 Å². The van der Waals surface area contributed by atoms with Crippen LogP contribution in [0.15, 0.2) is 40.8 Å². The van der Waals surface area contributed by atoms with Crippen LogP contribution in [0.3, 0.4) is 0 Å². The Balaban J connectivity index is 2.08. The minimum Gasteiger partial charge on any atom is -0.455 e. The Labute approximate surface area is 136 Å². The van der Waals surface area contributed by atoms with Crippen molar-refractivity contribution in [3.05, 3.63) is 59.0 Å². The third-order valence-corrected chi connectivity index (χ3v) is 4.78. The number of carbonyl (C=O) groups excluding carboxylic acids is 1. The minimum absolute atomic E-state index is 0.0131. The number of rotatable bonds is 6. The molecule has 2 rings (SSSR count). The molecule has 2 aromatic rings. The molecule has 0 saturated heterocycles. The van der Waals surface area contributed by atoms with E-state index in [2.05, 4.69) is 5.32 Å². The van der Waals surface area contributed by atoms with Gasteiger partial charge in [0.15, 0.2) is 15.6 Å². The molecule has 1 aromatic heterocycles. The SMILES string of the molecule is Cc1ccccc1CS(=O)(=O)Cc1ccc(C(=O)NC(C)C)o1. The zero-order valence-corrected chi connectivity index (χ0v) is 14.3. The van der Waals surface area contributed by atoms with Gasteiger partial charge in [0.05, 0.1) is 5.75 Å². The molecular weight excluding hydrogens is 314 g/mol. The van der Waals surface area contributed by atoms with Gasteiger partial charge in [0, 0.05) is 6.04 Å². The molecule has 1 N–H and O–H groups in total. The quantitative estimate of drug-likeness (QED) is 0.880. The van der Waals surface area contributed by atoms with E-state index in [-0.39, 0.29) is 35.0 Å². The first-order valence-corrected chi connectivity index (χ1v) is 9.23. The van der Waals surface area contributed by atoms with E-state index in [4.69, 9.17) is 4.42 Å². The summed E-state index contributed by atoms with van der Waals surface area (Å²) in [5, 5.41) is 2.70. The molecule has 124 valence electrons. The smallest absolute Gasteiger partial charge is 0.287 e. The Morgan fingerprint density at radius 1 is 1.13 bits per heavy atom. The molecule has 0 bridgehead atoms. The van der Waals surface area contributed by atoms with Gasteiger partial charge < -0.3 is 9.73 Å². The number of hydrogen-bond donors (Lipinski definition) is 1. The lowest BCUT2D eigenvalue weighted by molar-refractivity contribution is 0.0913.